The molecule has 1 aromatic carbocycles. The van der Waals surface area contributed by atoms with E-state index in [9.17, 15) is 9.82 Å². The van der Waals surface area contributed by atoms with Crippen molar-refractivity contribution in [2.75, 3.05) is 7.11 Å². The summed E-state index contributed by atoms with van der Waals surface area (Å²) in [6, 6.07) is 7.17. The van der Waals surface area contributed by atoms with Gasteiger partial charge in [-0.25, -0.2) is 0 Å². The average Bonchev–Trinajstić information content (AvgIpc) is 2.54. The second-order valence-corrected chi connectivity index (χ2v) is 6.14. The van der Waals surface area contributed by atoms with Gasteiger partial charge in [-0.3, -0.25) is 4.79 Å². The van der Waals surface area contributed by atoms with Gasteiger partial charge in [-0.15, -0.1) is 0 Å². The molecule has 0 bridgehead atoms. The molecule has 0 radical (unpaired) electrons. The van der Waals surface area contributed by atoms with Gasteiger partial charge in [-0.2, -0.15) is 0 Å². The van der Waals surface area contributed by atoms with Gasteiger partial charge in [0, 0.05) is 0 Å². The molecule has 1 aromatic rings. The summed E-state index contributed by atoms with van der Waals surface area (Å²) in [5.41, 5.74) is 1.10. The molecule has 0 saturated carbocycles. The molecule has 1 atom stereocenters. The van der Waals surface area contributed by atoms with E-state index in [4.69, 9.17) is 9.39 Å². The van der Waals surface area contributed by atoms with Gasteiger partial charge < -0.3 is 14.4 Å². The molecule has 0 aromatic heterocycles. The van der Waals surface area contributed by atoms with Gasteiger partial charge >= 0.3 is 13.1 Å². The molecule has 0 heterocycles. The first-order valence-electron chi connectivity index (χ1n) is 8.22. The lowest BCUT2D eigenvalue weighted by Gasteiger charge is -2.31. The number of rotatable bonds is 6. The Hall–Kier alpha value is -1.33. The van der Waals surface area contributed by atoms with Crippen molar-refractivity contribution < 1.29 is 19.2 Å². The van der Waals surface area contributed by atoms with Crippen LogP contribution in [0.1, 0.15) is 59.9 Å². The van der Waals surface area contributed by atoms with Crippen LogP contribution in [0.25, 0.3) is 0 Å². The van der Waals surface area contributed by atoms with Crippen LogP contribution in [0, 0.1) is 5.92 Å². The van der Waals surface area contributed by atoms with Crippen LogP contribution >= 0.6 is 0 Å². The Bertz CT molecular complexity index is 468. The topological polar surface area (TPSA) is 55.8 Å². The smallest absolute Gasteiger partial charge is 0.469 e. The van der Waals surface area contributed by atoms with E-state index < -0.39 is 12.7 Å². The third kappa shape index (κ3) is 6.36. The second kappa shape index (κ2) is 9.73. The zero-order valence-electron chi connectivity index (χ0n) is 15.7. The van der Waals surface area contributed by atoms with Crippen LogP contribution in [0.2, 0.25) is 0 Å². The lowest BCUT2D eigenvalue weighted by Crippen LogP contribution is -2.44. The summed E-state index contributed by atoms with van der Waals surface area (Å²) in [5.74, 6) is -0.319. The van der Waals surface area contributed by atoms with Crippen LogP contribution in [0.3, 0.4) is 0 Å². The highest BCUT2D eigenvalue weighted by Gasteiger charge is 2.30. The molecule has 0 aliphatic carbocycles. The van der Waals surface area contributed by atoms with Crippen molar-refractivity contribution in [1.82, 2.24) is 0 Å². The standard InChI is InChI=1S/C16H25BO4.C2H6/c1-11(2)16(4,5)21-17(19)14-9-7-13(8-10-14)12(3)15(18)20-6;1-2/h7-12,19H,1-6H3;1-2H3. The minimum atomic E-state index is -0.982. The van der Waals surface area contributed by atoms with Gasteiger partial charge in [0.05, 0.1) is 18.6 Å². The monoisotopic (exact) mass is 322 g/mol. The van der Waals surface area contributed by atoms with Crippen LogP contribution in [-0.2, 0) is 14.2 Å². The van der Waals surface area contributed by atoms with E-state index in [2.05, 4.69) is 0 Å². The van der Waals surface area contributed by atoms with Crippen LogP contribution in [-0.4, -0.2) is 30.8 Å². The normalized spacial score (nSPS) is 12.3. The zero-order valence-corrected chi connectivity index (χ0v) is 15.7. The summed E-state index contributed by atoms with van der Waals surface area (Å²) < 4.78 is 10.4. The molecule has 0 fully saturated rings. The lowest BCUT2D eigenvalue weighted by atomic mass is 9.76. The number of hydrogen-bond acceptors (Lipinski definition) is 4. The first-order chi connectivity index (χ1) is 10.7. The first kappa shape index (κ1) is 21.7. The Morgan fingerprint density at radius 3 is 2.00 bits per heavy atom. The van der Waals surface area contributed by atoms with Crippen molar-refractivity contribution in [2.24, 2.45) is 5.92 Å². The Labute approximate surface area is 141 Å². The lowest BCUT2D eigenvalue weighted by molar-refractivity contribution is -0.141. The van der Waals surface area contributed by atoms with Gasteiger partial charge in [0.2, 0.25) is 0 Å². The molecule has 1 unspecified atom stereocenters. The molecular weight excluding hydrogens is 291 g/mol. The number of methoxy groups -OCH3 is 1. The van der Waals surface area contributed by atoms with Gasteiger partial charge in [0.15, 0.2) is 0 Å². The van der Waals surface area contributed by atoms with E-state index in [0.717, 1.165) is 5.56 Å². The summed E-state index contributed by atoms with van der Waals surface area (Å²) >= 11 is 0. The predicted molar refractivity (Wildman–Crippen MR) is 95.8 cm³/mol. The largest absolute Gasteiger partial charge is 0.491 e. The van der Waals surface area contributed by atoms with Gasteiger partial charge in [0.25, 0.3) is 0 Å². The molecule has 0 saturated heterocycles. The average molecular weight is 322 g/mol. The van der Waals surface area contributed by atoms with Crippen LogP contribution in [0.5, 0.6) is 0 Å². The fraction of sp³-hybridized carbons (Fsp3) is 0.611. The molecule has 0 aliphatic heterocycles. The summed E-state index contributed by atoms with van der Waals surface area (Å²) in [4.78, 5) is 11.5. The molecule has 5 heteroatoms. The Balaban J connectivity index is 0.00000232. The number of hydrogen-bond donors (Lipinski definition) is 1. The second-order valence-electron chi connectivity index (χ2n) is 6.14. The number of ether oxygens (including phenoxy) is 1. The summed E-state index contributed by atoms with van der Waals surface area (Å²) in [5, 5.41) is 10.2. The van der Waals surface area contributed by atoms with Gasteiger partial charge in [0.1, 0.15) is 0 Å². The maximum atomic E-state index is 11.5. The van der Waals surface area contributed by atoms with Crippen molar-refractivity contribution in [3.05, 3.63) is 29.8 Å². The van der Waals surface area contributed by atoms with Crippen molar-refractivity contribution in [3.63, 3.8) is 0 Å². The van der Waals surface area contributed by atoms with E-state index in [1.807, 2.05) is 53.7 Å². The first-order valence-corrected chi connectivity index (χ1v) is 8.22. The summed E-state index contributed by atoms with van der Waals surface area (Å²) in [6.45, 7) is 13.8. The highest BCUT2D eigenvalue weighted by molar-refractivity contribution is 6.60. The molecule has 0 amide bonds. The quantitative estimate of drug-likeness (QED) is 0.646. The third-order valence-electron chi connectivity index (χ3n) is 4.08. The molecule has 130 valence electrons. The molecular formula is C18H31BO4. The number of carbonyl (C=O) groups excluding carboxylic acids is 1. The van der Waals surface area contributed by atoms with E-state index in [1.165, 1.54) is 7.11 Å². The summed E-state index contributed by atoms with van der Waals surface area (Å²) in [7, 11) is 0.392. The van der Waals surface area contributed by atoms with E-state index in [0.29, 0.717) is 5.46 Å². The number of benzene rings is 1. The van der Waals surface area contributed by atoms with Gasteiger partial charge in [-0.1, -0.05) is 52.0 Å². The molecule has 23 heavy (non-hydrogen) atoms. The zero-order chi connectivity index (χ0) is 18.2. The molecule has 4 nitrogen and oxygen atoms in total. The Morgan fingerprint density at radius 1 is 1.13 bits per heavy atom. The van der Waals surface area contributed by atoms with E-state index in [-0.39, 0.29) is 17.8 Å². The Kier molecular flexibility index (Phi) is 9.17. The summed E-state index contributed by atoms with van der Waals surface area (Å²) in [6.07, 6.45) is 0. The number of carbonyl (C=O) groups is 1. The SMILES string of the molecule is CC.COC(=O)C(C)c1ccc(B(O)OC(C)(C)C(C)C)cc1. The van der Waals surface area contributed by atoms with Crippen molar-refractivity contribution >= 4 is 18.6 Å². The van der Waals surface area contributed by atoms with Crippen LogP contribution in [0.15, 0.2) is 24.3 Å². The van der Waals surface area contributed by atoms with E-state index >= 15 is 0 Å². The minimum absolute atomic E-state index is 0.277. The maximum absolute atomic E-state index is 11.5. The number of esters is 1. The Morgan fingerprint density at radius 2 is 1.61 bits per heavy atom. The molecule has 1 N–H and O–H groups in total. The third-order valence-corrected chi connectivity index (χ3v) is 4.08. The molecule has 0 aliphatic rings. The van der Waals surface area contributed by atoms with Crippen molar-refractivity contribution in [1.29, 1.82) is 0 Å². The predicted octanol–water partition coefficient (Wildman–Crippen LogP) is 3.13. The van der Waals surface area contributed by atoms with Gasteiger partial charge in [-0.05, 0) is 37.7 Å². The van der Waals surface area contributed by atoms with Crippen LogP contribution < -0.4 is 5.46 Å². The fourth-order valence-electron chi connectivity index (χ4n) is 1.75. The molecule has 1 rings (SSSR count). The van der Waals surface area contributed by atoms with Crippen molar-refractivity contribution in [3.8, 4) is 0 Å². The van der Waals surface area contributed by atoms with E-state index in [1.54, 1.807) is 19.1 Å². The highest BCUT2D eigenvalue weighted by atomic mass is 16.5. The molecule has 0 spiro atoms. The van der Waals surface area contributed by atoms with Crippen molar-refractivity contribution in [2.45, 2.75) is 60.0 Å². The fourth-order valence-corrected chi connectivity index (χ4v) is 1.75. The highest BCUT2D eigenvalue weighted by Crippen LogP contribution is 2.21. The maximum Gasteiger partial charge on any atom is 0.491 e. The van der Waals surface area contributed by atoms with Crippen LogP contribution in [0.4, 0.5) is 0 Å². The minimum Gasteiger partial charge on any atom is -0.469 e.